The molecular formula is C34H59Br2N3O13Si. The number of cyclic esters (lactones) is 1. The molecule has 3 N–H and O–H groups in total. The summed E-state index contributed by atoms with van der Waals surface area (Å²) in [5.74, 6) is -0.201. The van der Waals surface area contributed by atoms with Crippen molar-refractivity contribution < 1.29 is 60.9 Å². The monoisotopic (exact) mass is 903 g/mol. The minimum atomic E-state index is -2.73. The standard InChI is InChI=1S/C34H59Br2N3O13Si/c1-5-9-11-15-28(27-26-29(30(35)36)51-31(27)40)52-34(43)39-17-13-10-12-16-37-32(41)46-23-21-44-19-20-45-22-24-47-33(42)38-18-14-25-53(48-6-2,49-7-3)50-8-4/h26,28H,5-25H2,1-4H3,(H,37,41)(H,38,42)(H,39,43). The molecule has 1 aliphatic heterocycles. The molecule has 1 rings (SSSR count). The number of nitrogens with one attached hydrogen (secondary N) is 3. The molecule has 0 aliphatic carbocycles. The van der Waals surface area contributed by atoms with E-state index in [0.29, 0.717) is 99.1 Å². The number of unbranched alkanes of at least 4 members (excludes halogenated alkanes) is 4. The predicted octanol–water partition coefficient (Wildman–Crippen LogP) is 6.20. The van der Waals surface area contributed by atoms with Crippen LogP contribution in [-0.4, -0.2) is 118 Å². The number of carbonyl (C=O) groups excluding carboxylic acids is 4. The summed E-state index contributed by atoms with van der Waals surface area (Å²) in [6.45, 7) is 11.7. The second kappa shape index (κ2) is 31.0. The summed E-state index contributed by atoms with van der Waals surface area (Å²) in [7, 11) is -2.73. The van der Waals surface area contributed by atoms with Gasteiger partial charge in [0.05, 0.1) is 32.0 Å². The molecule has 53 heavy (non-hydrogen) atoms. The number of ether oxygens (including phenoxy) is 6. The highest BCUT2D eigenvalue weighted by Gasteiger charge is 2.39. The van der Waals surface area contributed by atoms with Crippen molar-refractivity contribution in [3.8, 4) is 0 Å². The predicted molar refractivity (Wildman–Crippen MR) is 206 cm³/mol. The molecule has 0 radical (unpaired) electrons. The highest BCUT2D eigenvalue weighted by atomic mass is 79.9. The van der Waals surface area contributed by atoms with Gasteiger partial charge in [-0.25, -0.2) is 19.2 Å². The van der Waals surface area contributed by atoms with Crippen LogP contribution in [0.1, 0.15) is 79.1 Å². The molecular weight excluding hydrogens is 846 g/mol. The summed E-state index contributed by atoms with van der Waals surface area (Å²) < 4.78 is 49.7. The Morgan fingerprint density at radius 1 is 0.698 bits per heavy atom. The number of hydrogen-bond acceptors (Lipinski definition) is 13. The highest BCUT2D eigenvalue weighted by Crippen LogP contribution is 2.31. The van der Waals surface area contributed by atoms with E-state index in [4.69, 9.17) is 41.7 Å². The number of allylic oxidation sites excluding steroid dienone is 1. The Morgan fingerprint density at radius 2 is 1.21 bits per heavy atom. The van der Waals surface area contributed by atoms with E-state index in [-0.39, 0.29) is 26.4 Å². The van der Waals surface area contributed by atoms with Crippen LogP contribution in [0.25, 0.3) is 0 Å². The molecule has 1 aliphatic rings. The molecule has 0 aromatic carbocycles. The summed E-state index contributed by atoms with van der Waals surface area (Å²) in [4.78, 5) is 48.6. The maximum Gasteiger partial charge on any atom is 0.500 e. The zero-order valence-corrected chi connectivity index (χ0v) is 35.7. The van der Waals surface area contributed by atoms with Crippen molar-refractivity contribution in [3.63, 3.8) is 0 Å². The normalized spacial score (nSPS) is 13.2. The number of carbonyl (C=O) groups is 4. The van der Waals surface area contributed by atoms with Crippen LogP contribution >= 0.6 is 31.9 Å². The Hall–Kier alpha value is -2.26. The summed E-state index contributed by atoms with van der Waals surface area (Å²) >= 11 is 6.46. The van der Waals surface area contributed by atoms with Crippen LogP contribution in [0.15, 0.2) is 20.8 Å². The van der Waals surface area contributed by atoms with Crippen molar-refractivity contribution in [2.24, 2.45) is 0 Å². The fraction of sp³-hybridized carbons (Fsp3) is 0.765. The van der Waals surface area contributed by atoms with Gasteiger partial charge in [0.1, 0.15) is 22.7 Å². The van der Waals surface area contributed by atoms with Crippen LogP contribution in [0.4, 0.5) is 14.4 Å². The molecule has 0 saturated heterocycles. The van der Waals surface area contributed by atoms with Gasteiger partial charge in [-0.2, -0.15) is 0 Å². The molecule has 0 bridgehead atoms. The van der Waals surface area contributed by atoms with Gasteiger partial charge in [-0.1, -0.05) is 19.8 Å². The maximum atomic E-state index is 12.4. The smallest absolute Gasteiger partial charge is 0.447 e. The topological polar surface area (TPSA) is 187 Å². The lowest BCUT2D eigenvalue weighted by molar-refractivity contribution is -0.134. The van der Waals surface area contributed by atoms with Crippen LogP contribution in [0.3, 0.4) is 0 Å². The van der Waals surface area contributed by atoms with Gasteiger partial charge < -0.3 is 57.6 Å². The highest BCUT2D eigenvalue weighted by molar-refractivity contribution is 9.28. The second-order valence-electron chi connectivity index (χ2n) is 11.4. The molecule has 19 heteroatoms. The van der Waals surface area contributed by atoms with Gasteiger partial charge in [-0.05, 0) is 97.2 Å². The number of amides is 3. The zero-order chi connectivity index (χ0) is 39.2. The minimum absolute atomic E-state index is 0.0868. The average molecular weight is 906 g/mol. The maximum absolute atomic E-state index is 12.4. The lowest BCUT2D eigenvalue weighted by Gasteiger charge is -2.28. The second-order valence-corrected chi connectivity index (χ2v) is 16.8. The van der Waals surface area contributed by atoms with Gasteiger partial charge in [0.2, 0.25) is 0 Å². The quantitative estimate of drug-likeness (QED) is 0.0309. The number of esters is 1. The van der Waals surface area contributed by atoms with Crippen molar-refractivity contribution in [1.29, 1.82) is 0 Å². The Kier molecular flexibility index (Phi) is 28.5. The van der Waals surface area contributed by atoms with E-state index < -0.39 is 39.2 Å². The molecule has 0 spiro atoms. The molecule has 1 atom stereocenters. The third-order valence-corrected chi connectivity index (χ3v) is 11.2. The first kappa shape index (κ1) is 48.8. The first-order chi connectivity index (χ1) is 25.6. The van der Waals surface area contributed by atoms with Crippen molar-refractivity contribution in [3.05, 3.63) is 20.8 Å². The van der Waals surface area contributed by atoms with E-state index in [1.165, 1.54) is 0 Å². The Morgan fingerprint density at radius 3 is 1.70 bits per heavy atom. The Bertz CT molecular complexity index is 1110. The lowest BCUT2D eigenvalue weighted by Crippen LogP contribution is -2.46. The van der Waals surface area contributed by atoms with Gasteiger partial charge in [0.15, 0.2) is 5.76 Å². The van der Waals surface area contributed by atoms with E-state index in [1.807, 2.05) is 20.8 Å². The van der Waals surface area contributed by atoms with Gasteiger partial charge in [0, 0.05) is 45.5 Å². The third-order valence-electron chi connectivity index (χ3n) is 7.28. The van der Waals surface area contributed by atoms with Gasteiger partial charge >= 0.3 is 33.1 Å². The number of hydrogen-bond donors (Lipinski definition) is 3. The molecule has 0 aromatic heterocycles. The summed E-state index contributed by atoms with van der Waals surface area (Å²) in [6, 6.07) is 0.599. The fourth-order valence-corrected chi connectivity index (χ4v) is 7.85. The number of halogens is 2. The lowest BCUT2D eigenvalue weighted by atomic mass is 10.0. The summed E-state index contributed by atoms with van der Waals surface area (Å²) in [5, 5.41) is 8.10. The molecule has 0 aromatic rings. The van der Waals surface area contributed by atoms with Crippen molar-refractivity contribution in [2.45, 2.75) is 91.2 Å². The zero-order valence-electron chi connectivity index (χ0n) is 31.6. The van der Waals surface area contributed by atoms with Crippen molar-refractivity contribution >= 4 is 64.9 Å². The first-order valence-corrected chi connectivity index (χ1v) is 21.9. The number of rotatable bonds is 31. The average Bonchev–Trinajstić information content (AvgIpc) is 3.52. The molecule has 306 valence electrons. The van der Waals surface area contributed by atoms with Crippen LogP contribution in [0, 0.1) is 0 Å². The van der Waals surface area contributed by atoms with E-state index in [9.17, 15) is 19.2 Å². The molecule has 0 saturated carbocycles. The largest absolute Gasteiger partial charge is 0.500 e. The third kappa shape index (κ3) is 23.3. The molecule has 1 heterocycles. The molecule has 3 amide bonds. The van der Waals surface area contributed by atoms with E-state index >= 15 is 0 Å². The fourth-order valence-electron chi connectivity index (χ4n) is 4.85. The molecule has 1 unspecified atom stereocenters. The van der Waals surface area contributed by atoms with E-state index in [1.54, 1.807) is 6.08 Å². The molecule has 0 fully saturated rings. The van der Waals surface area contributed by atoms with Gasteiger partial charge in [0.25, 0.3) is 0 Å². The van der Waals surface area contributed by atoms with Gasteiger partial charge in [-0.3, -0.25) is 0 Å². The van der Waals surface area contributed by atoms with Crippen LogP contribution in [0.2, 0.25) is 6.04 Å². The first-order valence-electron chi connectivity index (χ1n) is 18.4. The summed E-state index contributed by atoms with van der Waals surface area (Å²) in [5.41, 5.74) is 0.304. The Balaban J connectivity index is 2.03. The van der Waals surface area contributed by atoms with E-state index in [2.05, 4.69) is 54.7 Å². The Labute approximate surface area is 331 Å². The van der Waals surface area contributed by atoms with Gasteiger partial charge in [-0.15, -0.1) is 0 Å². The van der Waals surface area contributed by atoms with Crippen LogP contribution < -0.4 is 16.0 Å². The number of alkyl carbamates (subject to hydrolysis) is 3. The van der Waals surface area contributed by atoms with Crippen molar-refractivity contribution in [2.75, 3.05) is 79.1 Å². The van der Waals surface area contributed by atoms with Crippen molar-refractivity contribution in [1.82, 2.24) is 16.0 Å². The van der Waals surface area contributed by atoms with Crippen LogP contribution in [0.5, 0.6) is 0 Å². The minimum Gasteiger partial charge on any atom is -0.447 e. The van der Waals surface area contributed by atoms with E-state index in [0.717, 1.165) is 25.7 Å². The van der Waals surface area contributed by atoms with Crippen LogP contribution in [-0.2, 0) is 46.5 Å². The summed E-state index contributed by atoms with van der Waals surface area (Å²) in [6.07, 6.45) is 5.22. The SMILES string of the molecule is CCCCCC(OC(=O)NCCCCCNC(=O)OCCOCCOCCOC(=O)NCCC[Si](OCC)(OCC)OCC)C1=CC(=C(Br)Br)OC1=O. The molecule has 16 nitrogen and oxygen atoms in total.